The topological polar surface area (TPSA) is 30.3 Å². The summed E-state index contributed by atoms with van der Waals surface area (Å²) < 4.78 is 76.9. The van der Waals surface area contributed by atoms with Crippen LogP contribution in [0.15, 0.2) is 42.5 Å². The second kappa shape index (κ2) is 7.26. The van der Waals surface area contributed by atoms with E-state index in [0.29, 0.717) is 31.9 Å². The highest BCUT2D eigenvalue weighted by molar-refractivity contribution is 5.62. The van der Waals surface area contributed by atoms with E-state index in [1.165, 1.54) is 12.1 Å². The number of halogens is 6. The van der Waals surface area contributed by atoms with E-state index in [-0.39, 0.29) is 11.3 Å². The van der Waals surface area contributed by atoms with Gasteiger partial charge < -0.3 is 9.80 Å². The van der Waals surface area contributed by atoms with Crippen molar-refractivity contribution in [2.24, 2.45) is 0 Å². The molecule has 28 heavy (non-hydrogen) atoms. The molecule has 148 valence electrons. The summed E-state index contributed by atoms with van der Waals surface area (Å²) in [6, 6.07) is 9.66. The van der Waals surface area contributed by atoms with Gasteiger partial charge in [-0.05, 0) is 42.5 Å². The van der Waals surface area contributed by atoms with E-state index >= 15 is 0 Å². The van der Waals surface area contributed by atoms with Crippen molar-refractivity contribution in [3.63, 3.8) is 0 Å². The lowest BCUT2D eigenvalue weighted by Gasteiger charge is -2.38. The number of hydrogen-bond donors (Lipinski definition) is 0. The normalized spacial score (nSPS) is 15.5. The van der Waals surface area contributed by atoms with Crippen molar-refractivity contribution >= 4 is 11.4 Å². The fourth-order valence-corrected chi connectivity index (χ4v) is 3.13. The molecule has 2 aromatic rings. The first kappa shape index (κ1) is 19.9. The number of nitrogens with zero attached hydrogens (tertiary/aromatic N) is 3. The van der Waals surface area contributed by atoms with Gasteiger partial charge in [0, 0.05) is 31.9 Å². The molecule has 1 aliphatic heterocycles. The minimum atomic E-state index is -4.51. The lowest BCUT2D eigenvalue weighted by Crippen LogP contribution is -2.46. The fraction of sp³-hybridized carbons (Fsp3) is 0.316. The Balaban J connectivity index is 1.74. The molecule has 3 rings (SSSR count). The number of rotatable bonds is 2. The van der Waals surface area contributed by atoms with Crippen molar-refractivity contribution in [2.75, 3.05) is 36.0 Å². The fourth-order valence-electron chi connectivity index (χ4n) is 3.13. The molecule has 1 heterocycles. The maximum absolute atomic E-state index is 13.0. The van der Waals surface area contributed by atoms with Crippen molar-refractivity contribution in [3.8, 4) is 6.07 Å². The van der Waals surface area contributed by atoms with Gasteiger partial charge in [-0.3, -0.25) is 0 Å². The summed E-state index contributed by atoms with van der Waals surface area (Å²) >= 11 is 0. The molecule has 1 aliphatic rings. The Kier molecular flexibility index (Phi) is 5.15. The number of anilines is 2. The van der Waals surface area contributed by atoms with Crippen molar-refractivity contribution in [1.82, 2.24) is 0 Å². The molecular weight excluding hydrogens is 384 g/mol. The predicted molar refractivity (Wildman–Crippen MR) is 92.0 cm³/mol. The molecule has 2 aromatic carbocycles. The monoisotopic (exact) mass is 399 g/mol. The van der Waals surface area contributed by atoms with Crippen LogP contribution in [0.25, 0.3) is 0 Å². The Labute approximate surface area is 157 Å². The summed E-state index contributed by atoms with van der Waals surface area (Å²) in [7, 11) is 0. The summed E-state index contributed by atoms with van der Waals surface area (Å²) in [6.45, 7) is 1.51. The summed E-state index contributed by atoms with van der Waals surface area (Å²) in [4.78, 5) is 3.55. The van der Waals surface area contributed by atoms with Crippen LogP contribution in [0.2, 0.25) is 0 Å². The molecule has 0 aromatic heterocycles. The van der Waals surface area contributed by atoms with Gasteiger partial charge in [-0.25, -0.2) is 0 Å². The second-order valence-corrected chi connectivity index (χ2v) is 6.36. The third-order valence-electron chi connectivity index (χ3n) is 4.63. The van der Waals surface area contributed by atoms with Crippen molar-refractivity contribution in [1.29, 1.82) is 5.26 Å². The van der Waals surface area contributed by atoms with Gasteiger partial charge in [0.2, 0.25) is 0 Å². The van der Waals surface area contributed by atoms with E-state index in [4.69, 9.17) is 0 Å². The molecule has 9 heteroatoms. The molecule has 0 amide bonds. The van der Waals surface area contributed by atoms with Crippen LogP contribution in [0, 0.1) is 11.3 Å². The Morgan fingerprint density at radius 1 is 0.714 bits per heavy atom. The average Bonchev–Trinajstić information content (AvgIpc) is 2.66. The number of benzene rings is 2. The first-order valence-corrected chi connectivity index (χ1v) is 8.38. The standard InChI is InChI=1S/C19H15F6N3/c20-18(21,22)14-3-5-16(6-4-14)27-7-9-28(10-8-27)17-11-15(19(23,24)25)2-1-13(17)12-26/h1-6,11H,7-10H2. The van der Waals surface area contributed by atoms with Crippen LogP contribution in [0.3, 0.4) is 0 Å². The van der Waals surface area contributed by atoms with E-state index in [2.05, 4.69) is 0 Å². The number of nitriles is 1. The van der Waals surface area contributed by atoms with Crippen LogP contribution in [-0.4, -0.2) is 26.2 Å². The average molecular weight is 399 g/mol. The maximum Gasteiger partial charge on any atom is 0.416 e. The second-order valence-electron chi connectivity index (χ2n) is 6.36. The summed E-state index contributed by atoms with van der Waals surface area (Å²) in [6.07, 6.45) is -8.92. The SMILES string of the molecule is N#Cc1ccc(C(F)(F)F)cc1N1CCN(c2ccc(C(F)(F)F)cc2)CC1. The summed E-state index contributed by atoms with van der Waals surface area (Å²) in [5, 5.41) is 9.20. The third-order valence-corrected chi connectivity index (χ3v) is 4.63. The molecule has 0 aliphatic carbocycles. The maximum atomic E-state index is 13.0. The molecule has 0 N–H and O–H groups in total. The first-order valence-electron chi connectivity index (χ1n) is 8.38. The Morgan fingerprint density at radius 2 is 1.21 bits per heavy atom. The van der Waals surface area contributed by atoms with Crippen LogP contribution < -0.4 is 9.80 Å². The quantitative estimate of drug-likeness (QED) is 0.672. The minimum absolute atomic E-state index is 0.149. The van der Waals surface area contributed by atoms with E-state index in [9.17, 15) is 31.6 Å². The Morgan fingerprint density at radius 3 is 1.71 bits per heavy atom. The van der Waals surface area contributed by atoms with Gasteiger partial charge in [0.15, 0.2) is 0 Å². The van der Waals surface area contributed by atoms with Crippen molar-refractivity contribution in [3.05, 3.63) is 59.2 Å². The Hall–Kier alpha value is -2.89. The number of hydrogen-bond acceptors (Lipinski definition) is 3. The van der Waals surface area contributed by atoms with Gasteiger partial charge in [0.25, 0.3) is 0 Å². The molecule has 0 radical (unpaired) electrons. The molecular formula is C19H15F6N3. The zero-order valence-electron chi connectivity index (χ0n) is 14.5. The van der Waals surface area contributed by atoms with Crippen LogP contribution in [0.1, 0.15) is 16.7 Å². The zero-order chi connectivity index (χ0) is 20.5. The summed E-state index contributed by atoms with van der Waals surface area (Å²) in [5.74, 6) is 0. The summed E-state index contributed by atoms with van der Waals surface area (Å²) in [5.41, 5.74) is -0.596. The predicted octanol–water partition coefficient (Wildman–Crippen LogP) is 4.92. The lowest BCUT2D eigenvalue weighted by molar-refractivity contribution is -0.138. The van der Waals surface area contributed by atoms with Crippen LogP contribution in [0.4, 0.5) is 37.7 Å². The molecule has 1 fully saturated rings. The molecule has 0 saturated carbocycles. The molecule has 0 unspecified atom stereocenters. The third kappa shape index (κ3) is 4.16. The molecule has 1 saturated heterocycles. The van der Waals surface area contributed by atoms with Crippen molar-refractivity contribution < 1.29 is 26.3 Å². The minimum Gasteiger partial charge on any atom is -0.368 e. The lowest BCUT2D eigenvalue weighted by atomic mass is 10.1. The highest BCUT2D eigenvalue weighted by Crippen LogP contribution is 2.34. The van der Waals surface area contributed by atoms with Crippen LogP contribution >= 0.6 is 0 Å². The van der Waals surface area contributed by atoms with Gasteiger partial charge in [0.1, 0.15) is 6.07 Å². The highest BCUT2D eigenvalue weighted by atomic mass is 19.4. The molecule has 0 bridgehead atoms. The van der Waals surface area contributed by atoms with E-state index in [1.54, 1.807) is 4.90 Å². The zero-order valence-corrected chi connectivity index (χ0v) is 14.5. The molecule has 0 atom stereocenters. The van der Waals surface area contributed by atoms with Crippen molar-refractivity contribution in [2.45, 2.75) is 12.4 Å². The van der Waals surface area contributed by atoms with E-state index in [0.717, 1.165) is 30.3 Å². The van der Waals surface area contributed by atoms with Crippen LogP contribution in [0.5, 0.6) is 0 Å². The first-order chi connectivity index (χ1) is 13.1. The van der Waals surface area contributed by atoms with Crippen LogP contribution in [-0.2, 0) is 12.4 Å². The van der Waals surface area contributed by atoms with E-state index < -0.39 is 23.5 Å². The van der Waals surface area contributed by atoms with Gasteiger partial charge in [-0.15, -0.1) is 0 Å². The van der Waals surface area contributed by atoms with E-state index in [1.807, 2.05) is 11.0 Å². The number of alkyl halides is 6. The highest BCUT2D eigenvalue weighted by Gasteiger charge is 2.32. The largest absolute Gasteiger partial charge is 0.416 e. The van der Waals surface area contributed by atoms with Gasteiger partial charge in [-0.2, -0.15) is 31.6 Å². The number of piperazine rings is 1. The molecule has 3 nitrogen and oxygen atoms in total. The van der Waals surface area contributed by atoms with Gasteiger partial charge in [0.05, 0.1) is 22.4 Å². The molecule has 0 spiro atoms. The Bertz CT molecular complexity index is 873. The smallest absolute Gasteiger partial charge is 0.368 e. The van der Waals surface area contributed by atoms with Gasteiger partial charge >= 0.3 is 12.4 Å². The van der Waals surface area contributed by atoms with Gasteiger partial charge in [-0.1, -0.05) is 0 Å².